The summed E-state index contributed by atoms with van der Waals surface area (Å²) >= 11 is 0. The number of rotatable bonds is 8. The van der Waals surface area contributed by atoms with Crippen LogP contribution in [0.4, 0.5) is 0 Å². The average molecular weight is 379 g/mol. The summed E-state index contributed by atoms with van der Waals surface area (Å²) in [7, 11) is 0. The molecular weight excluding hydrogens is 344 g/mol. The first-order valence-corrected chi connectivity index (χ1v) is 10.8. The highest BCUT2D eigenvalue weighted by molar-refractivity contribution is 5.96. The zero-order valence-electron chi connectivity index (χ0n) is 16.5. The van der Waals surface area contributed by atoms with E-state index in [2.05, 4.69) is 0 Å². The Morgan fingerprint density at radius 3 is 1.44 bits per heavy atom. The van der Waals surface area contributed by atoms with Crippen LogP contribution in [0.3, 0.4) is 0 Å². The summed E-state index contributed by atoms with van der Waals surface area (Å²) in [6.45, 7) is 1.16. The van der Waals surface area contributed by atoms with Gasteiger partial charge >= 0.3 is 0 Å². The van der Waals surface area contributed by atoms with Gasteiger partial charge < -0.3 is 0 Å². The third-order valence-electron chi connectivity index (χ3n) is 5.53. The van der Waals surface area contributed by atoms with Crippen LogP contribution in [0.25, 0.3) is 0 Å². The summed E-state index contributed by atoms with van der Waals surface area (Å²) in [5.74, 6) is -0.0911. The van der Waals surface area contributed by atoms with E-state index in [4.69, 9.17) is 0 Å². The van der Waals surface area contributed by atoms with Gasteiger partial charge in [0.15, 0.2) is 0 Å². The second-order valence-electron chi connectivity index (χ2n) is 7.77. The van der Waals surface area contributed by atoms with Gasteiger partial charge in [-0.05, 0) is 38.5 Å². The first kappa shape index (κ1) is 21.6. The van der Waals surface area contributed by atoms with Crippen LogP contribution in [0.2, 0.25) is 0 Å². The Morgan fingerprint density at radius 2 is 1.00 bits per heavy atom. The predicted octanol–water partition coefficient (Wildman–Crippen LogP) is 3.58. The van der Waals surface area contributed by atoms with Crippen LogP contribution < -0.4 is 0 Å². The molecule has 0 N–H and O–H groups in total. The SMILES string of the molecule is O=C(CCCCCCCC(=O)N1CCCCCC1=O)N1CCCCCC1=O. The van der Waals surface area contributed by atoms with E-state index in [1.165, 1.54) is 9.80 Å². The third-order valence-corrected chi connectivity index (χ3v) is 5.53. The minimum absolute atomic E-state index is 0.0147. The van der Waals surface area contributed by atoms with Gasteiger partial charge in [0.2, 0.25) is 23.6 Å². The highest BCUT2D eigenvalue weighted by Crippen LogP contribution is 2.16. The van der Waals surface area contributed by atoms with Crippen molar-refractivity contribution in [3.05, 3.63) is 0 Å². The van der Waals surface area contributed by atoms with E-state index >= 15 is 0 Å². The van der Waals surface area contributed by atoms with Crippen molar-refractivity contribution in [2.75, 3.05) is 13.1 Å². The standard InChI is InChI=1S/C21H34N2O4/c24-18(22-16-10-4-8-14-20(22)26)12-6-2-1-3-7-13-19(25)23-17-11-5-9-15-21(23)27/h1-17H2. The molecule has 0 radical (unpaired) electrons. The van der Waals surface area contributed by atoms with Crippen molar-refractivity contribution in [2.24, 2.45) is 0 Å². The van der Waals surface area contributed by atoms with E-state index in [0.717, 1.165) is 70.6 Å². The quantitative estimate of drug-likeness (QED) is 0.605. The number of imide groups is 2. The number of hydrogen-bond acceptors (Lipinski definition) is 4. The third kappa shape index (κ3) is 7.43. The second-order valence-corrected chi connectivity index (χ2v) is 7.77. The molecule has 4 amide bonds. The lowest BCUT2D eigenvalue weighted by atomic mass is 10.1. The summed E-state index contributed by atoms with van der Waals surface area (Å²) in [5, 5.41) is 0. The van der Waals surface area contributed by atoms with Crippen LogP contribution in [-0.2, 0) is 19.2 Å². The lowest BCUT2D eigenvalue weighted by Gasteiger charge is -2.18. The fraction of sp³-hybridized carbons (Fsp3) is 0.810. The average Bonchev–Trinajstić information content (AvgIpc) is 3.00. The summed E-state index contributed by atoms with van der Waals surface area (Å²) in [4.78, 5) is 51.1. The monoisotopic (exact) mass is 378 g/mol. The van der Waals surface area contributed by atoms with Crippen LogP contribution in [0.5, 0.6) is 0 Å². The first-order chi connectivity index (χ1) is 13.1. The van der Waals surface area contributed by atoms with Gasteiger partial charge in [-0.25, -0.2) is 0 Å². The van der Waals surface area contributed by atoms with Crippen molar-refractivity contribution in [2.45, 2.75) is 96.3 Å². The van der Waals surface area contributed by atoms with Crippen molar-refractivity contribution in [3.8, 4) is 0 Å². The van der Waals surface area contributed by atoms with Crippen LogP contribution >= 0.6 is 0 Å². The van der Waals surface area contributed by atoms with Gasteiger partial charge in [-0.3, -0.25) is 29.0 Å². The maximum atomic E-state index is 12.2. The summed E-state index contributed by atoms with van der Waals surface area (Å²) in [6.07, 6.45) is 12.0. The van der Waals surface area contributed by atoms with Crippen LogP contribution in [0.15, 0.2) is 0 Å². The van der Waals surface area contributed by atoms with Crippen molar-refractivity contribution < 1.29 is 19.2 Å². The smallest absolute Gasteiger partial charge is 0.229 e. The zero-order valence-corrected chi connectivity index (χ0v) is 16.5. The van der Waals surface area contributed by atoms with Gasteiger partial charge in [0, 0.05) is 38.8 Å². The normalized spacial score (nSPS) is 19.0. The molecule has 152 valence electrons. The van der Waals surface area contributed by atoms with Crippen LogP contribution in [0.1, 0.15) is 96.3 Å². The molecule has 0 aromatic rings. The van der Waals surface area contributed by atoms with Crippen LogP contribution in [-0.4, -0.2) is 46.5 Å². The molecule has 2 heterocycles. The minimum atomic E-state index is -0.0308. The number of nitrogens with zero attached hydrogens (tertiary/aromatic N) is 2. The number of carbonyl (C=O) groups excluding carboxylic acids is 4. The van der Waals surface area contributed by atoms with Gasteiger partial charge in [-0.1, -0.05) is 32.1 Å². The molecule has 0 bridgehead atoms. The molecule has 0 aromatic heterocycles. The van der Waals surface area contributed by atoms with Gasteiger partial charge in [0.1, 0.15) is 0 Å². The molecule has 2 aliphatic rings. The van der Waals surface area contributed by atoms with E-state index in [9.17, 15) is 19.2 Å². The highest BCUT2D eigenvalue weighted by Gasteiger charge is 2.23. The van der Waals surface area contributed by atoms with E-state index in [-0.39, 0.29) is 23.6 Å². The topological polar surface area (TPSA) is 74.8 Å². The number of likely N-dealkylation sites (tertiary alicyclic amines) is 2. The Morgan fingerprint density at radius 1 is 0.593 bits per heavy atom. The molecule has 0 spiro atoms. The summed E-state index contributed by atoms with van der Waals surface area (Å²) in [5.41, 5.74) is 0. The minimum Gasteiger partial charge on any atom is -0.283 e. The molecule has 2 aliphatic heterocycles. The lowest BCUT2D eigenvalue weighted by molar-refractivity contribution is -0.146. The van der Waals surface area contributed by atoms with E-state index in [1.54, 1.807) is 0 Å². The van der Waals surface area contributed by atoms with Crippen LogP contribution in [0, 0.1) is 0 Å². The summed E-state index contributed by atoms with van der Waals surface area (Å²) < 4.78 is 0. The largest absolute Gasteiger partial charge is 0.283 e. The molecular formula is C21H34N2O4. The van der Waals surface area contributed by atoms with Crippen molar-refractivity contribution >= 4 is 23.6 Å². The Balaban J connectivity index is 1.54. The lowest BCUT2D eigenvalue weighted by Crippen LogP contribution is -2.36. The number of hydrogen-bond donors (Lipinski definition) is 0. The Bertz CT molecular complexity index is 486. The fourth-order valence-corrected chi connectivity index (χ4v) is 3.85. The van der Waals surface area contributed by atoms with Gasteiger partial charge in [0.25, 0.3) is 0 Å². The van der Waals surface area contributed by atoms with Gasteiger partial charge in [0.05, 0.1) is 0 Å². The first-order valence-electron chi connectivity index (χ1n) is 10.8. The molecule has 6 heteroatoms. The zero-order chi connectivity index (χ0) is 19.5. The van der Waals surface area contributed by atoms with E-state index in [0.29, 0.717) is 38.8 Å². The molecule has 2 fully saturated rings. The number of amides is 4. The van der Waals surface area contributed by atoms with Crippen molar-refractivity contribution in [1.29, 1.82) is 0 Å². The molecule has 27 heavy (non-hydrogen) atoms. The van der Waals surface area contributed by atoms with E-state index in [1.807, 2.05) is 0 Å². The Hall–Kier alpha value is -1.72. The van der Waals surface area contributed by atoms with Gasteiger partial charge in [-0.15, -0.1) is 0 Å². The molecule has 0 atom stereocenters. The summed E-state index contributed by atoms with van der Waals surface area (Å²) in [6, 6.07) is 0. The molecule has 0 aliphatic carbocycles. The second kappa shape index (κ2) is 11.9. The maximum absolute atomic E-state index is 12.2. The molecule has 0 unspecified atom stereocenters. The Labute approximate surface area is 162 Å². The van der Waals surface area contributed by atoms with Crippen molar-refractivity contribution in [3.63, 3.8) is 0 Å². The maximum Gasteiger partial charge on any atom is 0.229 e. The fourth-order valence-electron chi connectivity index (χ4n) is 3.85. The highest BCUT2D eigenvalue weighted by atomic mass is 16.2. The van der Waals surface area contributed by atoms with Crippen molar-refractivity contribution in [1.82, 2.24) is 9.80 Å². The molecule has 2 saturated heterocycles. The molecule has 2 rings (SSSR count). The predicted molar refractivity (Wildman–Crippen MR) is 103 cm³/mol. The van der Waals surface area contributed by atoms with Gasteiger partial charge in [-0.2, -0.15) is 0 Å². The van der Waals surface area contributed by atoms with E-state index < -0.39 is 0 Å². The molecule has 6 nitrogen and oxygen atoms in total. The molecule has 0 saturated carbocycles. The number of carbonyl (C=O) groups is 4. The molecule has 0 aromatic carbocycles. The number of unbranched alkanes of at least 4 members (excludes halogenated alkanes) is 4. The Kier molecular flexibility index (Phi) is 9.50.